The van der Waals surface area contributed by atoms with Crippen LogP contribution in [-0.4, -0.2) is 12.6 Å². The summed E-state index contributed by atoms with van der Waals surface area (Å²) in [5, 5.41) is 0. The maximum atomic E-state index is 11.6. The van der Waals surface area contributed by atoms with Crippen LogP contribution >= 0.6 is 0 Å². The highest BCUT2D eigenvalue weighted by Gasteiger charge is 2.29. The van der Waals surface area contributed by atoms with E-state index >= 15 is 0 Å². The smallest absolute Gasteiger partial charge is 0.311 e. The van der Waals surface area contributed by atoms with Gasteiger partial charge in [0.2, 0.25) is 0 Å². The number of ether oxygens (including phenoxy) is 1. The summed E-state index contributed by atoms with van der Waals surface area (Å²) < 4.78 is 5.31. The average molecular weight is 525 g/mol. The van der Waals surface area contributed by atoms with Gasteiger partial charge in [-0.15, -0.1) is 0 Å². The molecule has 1 saturated carbocycles. The van der Waals surface area contributed by atoms with Crippen molar-refractivity contribution in [3.8, 4) is 0 Å². The standard InChI is InChI=1S/C12H24O2.C10H20.C7H16.C6H12/c1-7-11(3,4)9-14-10(13)12(5,6)8-2;1-3-9-5-7-10(4-2)8-6-9;1-5-7(3,4)6-2;1-3-5-6-4-2/h7-9H2,1-6H3;9-10H,3-8H2,1-2H3;5-6H2,1-4H3;5-6H,3-4H2,1-2H3/b;;;6-5+. The van der Waals surface area contributed by atoms with Crippen molar-refractivity contribution in [3.05, 3.63) is 12.2 Å². The maximum absolute atomic E-state index is 11.6. The Bertz CT molecular complexity index is 509. The topological polar surface area (TPSA) is 26.3 Å². The molecule has 1 fully saturated rings. The number of hydrogen-bond acceptors (Lipinski definition) is 2. The molecule has 0 saturated heterocycles. The zero-order chi connectivity index (χ0) is 29.5. The van der Waals surface area contributed by atoms with Gasteiger partial charge in [0.05, 0.1) is 12.0 Å². The fourth-order valence-corrected chi connectivity index (χ4v) is 3.33. The van der Waals surface area contributed by atoms with Crippen molar-refractivity contribution in [1.82, 2.24) is 0 Å². The minimum absolute atomic E-state index is 0.0819. The molecule has 0 spiro atoms. The SMILES string of the molecule is CC/C=C/CC.CCC(C)(C)CC.CCC(C)(C)COC(=O)C(C)(C)CC.CCC1CCC(CC)CC1. The zero-order valence-corrected chi connectivity index (χ0v) is 28.3. The van der Waals surface area contributed by atoms with Gasteiger partial charge < -0.3 is 4.74 Å². The van der Waals surface area contributed by atoms with Crippen molar-refractivity contribution in [2.45, 2.75) is 174 Å². The Morgan fingerprint density at radius 2 is 0.973 bits per heavy atom. The minimum atomic E-state index is -0.343. The van der Waals surface area contributed by atoms with Gasteiger partial charge in [0.1, 0.15) is 0 Å². The third-order valence-corrected chi connectivity index (χ3v) is 8.66. The molecule has 0 aromatic carbocycles. The van der Waals surface area contributed by atoms with Crippen LogP contribution in [0.1, 0.15) is 174 Å². The van der Waals surface area contributed by atoms with E-state index < -0.39 is 0 Å². The monoisotopic (exact) mass is 525 g/mol. The van der Waals surface area contributed by atoms with Gasteiger partial charge in [-0.25, -0.2) is 0 Å². The molecule has 0 aromatic rings. The molecule has 0 bridgehead atoms. The highest BCUT2D eigenvalue weighted by Crippen LogP contribution is 2.32. The number of carbonyl (C=O) groups excluding carboxylic acids is 1. The molecule has 2 nitrogen and oxygen atoms in total. The third kappa shape index (κ3) is 24.0. The fourth-order valence-electron chi connectivity index (χ4n) is 3.33. The Morgan fingerprint density at radius 1 is 0.622 bits per heavy atom. The summed E-state index contributed by atoms with van der Waals surface area (Å²) in [7, 11) is 0. The van der Waals surface area contributed by atoms with Gasteiger partial charge in [0.25, 0.3) is 0 Å². The molecule has 1 aliphatic rings. The van der Waals surface area contributed by atoms with Gasteiger partial charge in [-0.3, -0.25) is 4.79 Å². The molecule has 0 atom stereocenters. The van der Waals surface area contributed by atoms with Crippen LogP contribution in [0, 0.1) is 28.1 Å². The second-order valence-corrected chi connectivity index (χ2v) is 13.2. The lowest BCUT2D eigenvalue weighted by molar-refractivity contribution is -0.157. The summed E-state index contributed by atoms with van der Waals surface area (Å²) in [6, 6.07) is 0. The number of rotatable bonds is 11. The van der Waals surface area contributed by atoms with Crippen LogP contribution in [0.5, 0.6) is 0 Å². The van der Waals surface area contributed by atoms with Gasteiger partial charge >= 0.3 is 5.97 Å². The molecule has 0 radical (unpaired) electrons. The van der Waals surface area contributed by atoms with Gasteiger partial charge in [-0.05, 0) is 62.2 Å². The van der Waals surface area contributed by atoms with Gasteiger partial charge in [0.15, 0.2) is 0 Å². The van der Waals surface area contributed by atoms with E-state index in [1.54, 1.807) is 0 Å². The molecule has 0 N–H and O–H groups in total. The molecule has 224 valence electrons. The Morgan fingerprint density at radius 3 is 1.19 bits per heavy atom. The first kappa shape index (κ1) is 40.7. The van der Waals surface area contributed by atoms with Crippen LogP contribution in [0.15, 0.2) is 12.2 Å². The molecule has 2 heteroatoms. The largest absolute Gasteiger partial charge is 0.465 e. The predicted octanol–water partition coefficient (Wildman–Crippen LogP) is 12.2. The predicted molar refractivity (Wildman–Crippen MR) is 169 cm³/mol. The highest BCUT2D eigenvalue weighted by molar-refractivity contribution is 5.75. The van der Waals surface area contributed by atoms with E-state index in [0.29, 0.717) is 12.0 Å². The van der Waals surface area contributed by atoms with E-state index in [1.165, 1.54) is 64.2 Å². The van der Waals surface area contributed by atoms with Gasteiger partial charge in [0, 0.05) is 0 Å². The molecule has 0 aromatic heterocycles. The Kier molecular flexibility index (Phi) is 25.4. The average Bonchev–Trinajstić information content (AvgIpc) is 2.91. The van der Waals surface area contributed by atoms with Gasteiger partial charge in [-0.2, -0.15) is 0 Å². The van der Waals surface area contributed by atoms with E-state index in [1.807, 2.05) is 20.8 Å². The first-order chi connectivity index (χ1) is 17.1. The molecule has 1 aliphatic carbocycles. The van der Waals surface area contributed by atoms with E-state index in [-0.39, 0.29) is 16.8 Å². The van der Waals surface area contributed by atoms with E-state index in [0.717, 1.165) is 24.7 Å². The minimum Gasteiger partial charge on any atom is -0.465 e. The second-order valence-electron chi connectivity index (χ2n) is 13.2. The summed E-state index contributed by atoms with van der Waals surface area (Å²) in [4.78, 5) is 11.6. The van der Waals surface area contributed by atoms with Crippen LogP contribution in [0.4, 0.5) is 0 Å². The van der Waals surface area contributed by atoms with Crippen LogP contribution in [0.2, 0.25) is 0 Å². The molecule has 0 heterocycles. The molecule has 37 heavy (non-hydrogen) atoms. The second kappa shape index (κ2) is 23.1. The maximum Gasteiger partial charge on any atom is 0.311 e. The van der Waals surface area contributed by atoms with Crippen molar-refractivity contribution in [1.29, 1.82) is 0 Å². The number of hydrogen-bond donors (Lipinski definition) is 0. The highest BCUT2D eigenvalue weighted by atomic mass is 16.5. The molecule has 1 rings (SSSR count). The summed E-state index contributed by atoms with van der Waals surface area (Å²) in [6.45, 7) is 30.7. The van der Waals surface area contributed by atoms with E-state index in [2.05, 4.69) is 88.3 Å². The van der Waals surface area contributed by atoms with Gasteiger partial charge in [-0.1, -0.05) is 147 Å². The molecular weight excluding hydrogens is 452 g/mol. The quantitative estimate of drug-likeness (QED) is 0.198. The number of esters is 1. The third-order valence-electron chi connectivity index (χ3n) is 8.66. The molecular formula is C35H72O2. The van der Waals surface area contributed by atoms with Crippen molar-refractivity contribution < 1.29 is 9.53 Å². The summed E-state index contributed by atoms with van der Waals surface area (Å²) in [5.41, 5.74) is 0.337. The van der Waals surface area contributed by atoms with Crippen LogP contribution < -0.4 is 0 Å². The summed E-state index contributed by atoms with van der Waals surface area (Å²) in [6.07, 6.45) is 20.0. The summed E-state index contributed by atoms with van der Waals surface area (Å²) in [5.74, 6) is 2.06. The van der Waals surface area contributed by atoms with E-state index in [4.69, 9.17) is 4.74 Å². The van der Waals surface area contributed by atoms with Crippen molar-refractivity contribution in [2.75, 3.05) is 6.61 Å². The van der Waals surface area contributed by atoms with Crippen LogP contribution in [-0.2, 0) is 9.53 Å². The molecule has 0 aliphatic heterocycles. The Balaban J connectivity index is -0.000000441. The van der Waals surface area contributed by atoms with Crippen molar-refractivity contribution in [3.63, 3.8) is 0 Å². The lowest BCUT2D eigenvalue weighted by Gasteiger charge is -2.26. The number of allylic oxidation sites excluding steroid dienone is 2. The Hall–Kier alpha value is -0.790. The van der Waals surface area contributed by atoms with Crippen LogP contribution in [0.25, 0.3) is 0 Å². The zero-order valence-electron chi connectivity index (χ0n) is 28.3. The lowest BCUT2D eigenvalue weighted by atomic mass is 9.80. The number of carbonyl (C=O) groups is 1. The molecule has 0 unspecified atom stereocenters. The Labute approximate surface area is 236 Å². The fraction of sp³-hybridized carbons (Fsp3) is 0.914. The summed E-state index contributed by atoms with van der Waals surface area (Å²) >= 11 is 0. The van der Waals surface area contributed by atoms with Crippen molar-refractivity contribution in [2.24, 2.45) is 28.1 Å². The first-order valence-electron chi connectivity index (χ1n) is 16.0. The van der Waals surface area contributed by atoms with Crippen LogP contribution in [0.3, 0.4) is 0 Å². The van der Waals surface area contributed by atoms with Crippen molar-refractivity contribution >= 4 is 5.97 Å². The molecule has 0 amide bonds. The van der Waals surface area contributed by atoms with E-state index in [9.17, 15) is 4.79 Å². The normalized spacial score (nSPS) is 18.0. The first-order valence-corrected chi connectivity index (χ1v) is 16.0. The lowest BCUT2D eigenvalue weighted by Crippen LogP contribution is -2.30.